The number of aliphatic hydroxyl groups is 1. The molecule has 158 valence electrons. The van der Waals surface area contributed by atoms with E-state index in [1.807, 2.05) is 0 Å². The number of hydrogen-bond acceptors (Lipinski definition) is 6. The van der Waals surface area contributed by atoms with E-state index in [4.69, 9.17) is 9.16 Å². The van der Waals surface area contributed by atoms with Gasteiger partial charge in [0.1, 0.15) is 6.04 Å². The highest BCUT2D eigenvalue weighted by Gasteiger charge is 2.38. The highest BCUT2D eigenvalue weighted by Crippen LogP contribution is 2.36. The van der Waals surface area contributed by atoms with Gasteiger partial charge in [-0.15, -0.1) is 13.2 Å². The maximum Gasteiger partial charge on any atom is 0.322 e. The second-order valence-corrected chi connectivity index (χ2v) is 13.2. The van der Waals surface area contributed by atoms with Gasteiger partial charge in [0, 0.05) is 19.6 Å². The largest absolute Gasteiger partial charge is 0.468 e. The fourth-order valence-corrected chi connectivity index (χ4v) is 3.38. The average molecular weight is 401 g/mol. The minimum Gasteiger partial charge on any atom is -0.468 e. The van der Waals surface area contributed by atoms with E-state index in [0.29, 0.717) is 19.6 Å². The standard InChI is InChI=1S/C20H40N2O4Si/c1-10-12-22(13-11-2)17(14-21-16(3)19(24)25-7)18(23)15-26-27(8,9)20(4,5)6/h10-11,16-18,21,23H,1-2,12-15H2,3-9H3/t16-,17+,18-/m0/s1. The summed E-state index contributed by atoms with van der Waals surface area (Å²) >= 11 is 0. The smallest absolute Gasteiger partial charge is 0.322 e. The van der Waals surface area contributed by atoms with E-state index < -0.39 is 20.5 Å². The molecule has 0 aliphatic heterocycles. The summed E-state index contributed by atoms with van der Waals surface area (Å²) in [7, 11) is -0.604. The highest BCUT2D eigenvalue weighted by molar-refractivity contribution is 6.74. The first-order chi connectivity index (χ1) is 12.4. The Bertz CT molecular complexity index is 467. The van der Waals surface area contributed by atoms with E-state index in [-0.39, 0.29) is 23.7 Å². The van der Waals surface area contributed by atoms with Crippen LogP contribution in [-0.2, 0) is 14.0 Å². The van der Waals surface area contributed by atoms with Crippen molar-refractivity contribution in [2.75, 3.05) is 33.4 Å². The zero-order valence-electron chi connectivity index (χ0n) is 18.2. The molecule has 2 N–H and O–H groups in total. The minimum atomic E-state index is -1.97. The number of rotatable bonds is 13. The predicted molar refractivity (Wildman–Crippen MR) is 114 cm³/mol. The SMILES string of the molecule is C=CCN(CC=C)[C@H](CN[C@@H](C)C(=O)OC)[C@@H](O)CO[Si](C)(C)C(C)(C)C. The first-order valence-corrected chi connectivity index (χ1v) is 12.4. The van der Waals surface area contributed by atoms with Crippen LogP contribution in [0.3, 0.4) is 0 Å². The van der Waals surface area contributed by atoms with Crippen molar-refractivity contribution in [2.24, 2.45) is 0 Å². The Kier molecular flexibility index (Phi) is 11.3. The molecule has 0 heterocycles. The summed E-state index contributed by atoms with van der Waals surface area (Å²) in [4.78, 5) is 13.7. The number of aliphatic hydroxyl groups excluding tert-OH is 1. The molecule has 0 amide bonds. The number of esters is 1. The number of nitrogens with zero attached hydrogens (tertiary/aromatic N) is 1. The van der Waals surface area contributed by atoms with Crippen LogP contribution in [0.2, 0.25) is 18.1 Å². The van der Waals surface area contributed by atoms with Crippen molar-refractivity contribution in [1.82, 2.24) is 10.2 Å². The molecule has 0 unspecified atom stereocenters. The number of hydrogen-bond donors (Lipinski definition) is 2. The van der Waals surface area contributed by atoms with E-state index in [9.17, 15) is 9.90 Å². The highest BCUT2D eigenvalue weighted by atomic mass is 28.4. The lowest BCUT2D eigenvalue weighted by molar-refractivity contribution is -0.142. The minimum absolute atomic E-state index is 0.0712. The molecular formula is C20H40N2O4Si. The van der Waals surface area contributed by atoms with Crippen LogP contribution < -0.4 is 5.32 Å². The van der Waals surface area contributed by atoms with Gasteiger partial charge in [-0.05, 0) is 25.1 Å². The number of nitrogens with one attached hydrogen (secondary N) is 1. The van der Waals surface area contributed by atoms with Crippen LogP contribution in [-0.4, -0.2) is 75.8 Å². The lowest BCUT2D eigenvalue weighted by Gasteiger charge is -2.39. The quantitative estimate of drug-likeness (QED) is 0.281. The van der Waals surface area contributed by atoms with Gasteiger partial charge in [0.15, 0.2) is 8.32 Å². The fourth-order valence-electron chi connectivity index (χ4n) is 2.36. The summed E-state index contributed by atoms with van der Waals surface area (Å²) in [6, 6.07) is -0.710. The molecule has 0 aromatic carbocycles. The van der Waals surface area contributed by atoms with E-state index >= 15 is 0 Å². The summed E-state index contributed by atoms with van der Waals surface area (Å²) in [5.74, 6) is -0.334. The third-order valence-electron chi connectivity index (χ3n) is 5.25. The molecule has 0 aliphatic carbocycles. The van der Waals surface area contributed by atoms with Gasteiger partial charge in [0.05, 0.1) is 25.9 Å². The lowest BCUT2D eigenvalue weighted by atomic mass is 10.1. The molecule has 0 bridgehead atoms. The van der Waals surface area contributed by atoms with Crippen LogP contribution in [0.25, 0.3) is 0 Å². The van der Waals surface area contributed by atoms with Crippen molar-refractivity contribution in [1.29, 1.82) is 0 Å². The van der Waals surface area contributed by atoms with Gasteiger partial charge in [-0.2, -0.15) is 0 Å². The topological polar surface area (TPSA) is 71.0 Å². The zero-order chi connectivity index (χ0) is 21.3. The van der Waals surface area contributed by atoms with Crippen molar-refractivity contribution < 1.29 is 19.1 Å². The van der Waals surface area contributed by atoms with E-state index in [1.54, 1.807) is 19.1 Å². The molecule has 0 saturated heterocycles. The van der Waals surface area contributed by atoms with E-state index in [0.717, 1.165) is 0 Å². The number of carbonyl (C=O) groups is 1. The van der Waals surface area contributed by atoms with Crippen LogP contribution in [0.4, 0.5) is 0 Å². The molecule has 0 spiro atoms. The molecule has 0 aliphatic rings. The number of ether oxygens (including phenoxy) is 1. The predicted octanol–water partition coefficient (Wildman–Crippen LogP) is 2.56. The maximum atomic E-state index is 11.7. The van der Waals surface area contributed by atoms with Crippen LogP contribution in [0.15, 0.2) is 25.3 Å². The van der Waals surface area contributed by atoms with Gasteiger partial charge in [-0.3, -0.25) is 9.69 Å². The third kappa shape index (κ3) is 8.70. The second-order valence-electron chi connectivity index (χ2n) is 8.39. The van der Waals surface area contributed by atoms with Gasteiger partial charge < -0.3 is 19.6 Å². The summed E-state index contributed by atoms with van der Waals surface area (Å²) < 4.78 is 11.0. The third-order valence-corrected chi connectivity index (χ3v) is 9.75. The van der Waals surface area contributed by atoms with Crippen LogP contribution in [0.5, 0.6) is 0 Å². The molecule has 0 aromatic heterocycles. The molecule has 0 saturated carbocycles. The van der Waals surface area contributed by atoms with Crippen LogP contribution in [0, 0.1) is 0 Å². The van der Waals surface area contributed by atoms with Gasteiger partial charge >= 0.3 is 5.97 Å². The van der Waals surface area contributed by atoms with Crippen molar-refractivity contribution >= 4 is 14.3 Å². The normalized spacial score (nSPS) is 15.9. The lowest BCUT2D eigenvalue weighted by Crippen LogP contribution is -2.54. The first kappa shape index (κ1) is 26.0. The van der Waals surface area contributed by atoms with E-state index in [1.165, 1.54) is 7.11 Å². The Morgan fingerprint density at radius 3 is 2.19 bits per heavy atom. The Balaban J connectivity index is 5.21. The number of carbonyl (C=O) groups excluding carboxylic acids is 1. The molecular weight excluding hydrogens is 360 g/mol. The van der Waals surface area contributed by atoms with E-state index in [2.05, 4.69) is 57.2 Å². The molecule has 3 atom stereocenters. The zero-order valence-corrected chi connectivity index (χ0v) is 19.2. The van der Waals surface area contributed by atoms with Crippen molar-refractivity contribution in [3.8, 4) is 0 Å². The Morgan fingerprint density at radius 2 is 1.78 bits per heavy atom. The summed E-state index contributed by atoms with van der Waals surface area (Å²) in [6.07, 6.45) is 2.87. The molecule has 27 heavy (non-hydrogen) atoms. The van der Waals surface area contributed by atoms with Gasteiger partial charge in [0.2, 0.25) is 0 Å². The van der Waals surface area contributed by atoms with Crippen molar-refractivity contribution in [3.05, 3.63) is 25.3 Å². The molecule has 0 fully saturated rings. The molecule has 0 rings (SSSR count). The van der Waals surface area contributed by atoms with Crippen LogP contribution in [0.1, 0.15) is 27.7 Å². The molecule has 0 radical (unpaired) electrons. The Morgan fingerprint density at radius 1 is 1.26 bits per heavy atom. The summed E-state index contributed by atoms with van der Waals surface area (Å²) in [5, 5.41) is 14.1. The molecule has 0 aromatic rings. The summed E-state index contributed by atoms with van der Waals surface area (Å²) in [6.45, 7) is 22.1. The molecule has 7 heteroatoms. The van der Waals surface area contributed by atoms with Gasteiger partial charge in [0.25, 0.3) is 0 Å². The average Bonchev–Trinajstić information content (AvgIpc) is 2.58. The van der Waals surface area contributed by atoms with Crippen molar-refractivity contribution in [2.45, 2.75) is 64.0 Å². The summed E-state index contributed by atoms with van der Waals surface area (Å²) in [5.41, 5.74) is 0. The fraction of sp³-hybridized carbons (Fsp3) is 0.750. The number of methoxy groups -OCH3 is 1. The van der Waals surface area contributed by atoms with Crippen LogP contribution >= 0.6 is 0 Å². The monoisotopic (exact) mass is 400 g/mol. The van der Waals surface area contributed by atoms with Gasteiger partial charge in [-0.1, -0.05) is 32.9 Å². The van der Waals surface area contributed by atoms with Gasteiger partial charge in [-0.25, -0.2) is 0 Å². The Hall–Kier alpha value is -0.993. The van der Waals surface area contributed by atoms with Crippen molar-refractivity contribution in [3.63, 3.8) is 0 Å². The maximum absolute atomic E-state index is 11.7. The molecule has 6 nitrogen and oxygen atoms in total. The Labute approximate surface area is 166 Å². The second kappa shape index (κ2) is 11.8. The first-order valence-electron chi connectivity index (χ1n) is 9.50.